The van der Waals surface area contributed by atoms with Gasteiger partial charge in [-0.15, -0.1) is 12.3 Å². The lowest BCUT2D eigenvalue weighted by Gasteiger charge is -2.24. The number of rotatable bonds is 5. The molecule has 0 unspecified atom stereocenters. The Hall–Kier alpha value is -1.01. The number of nitrogens with one attached hydrogen (secondary N) is 1. The van der Waals surface area contributed by atoms with Crippen molar-refractivity contribution in [3.05, 3.63) is 0 Å². The average molecular weight is 182 g/mol. The van der Waals surface area contributed by atoms with Crippen LogP contribution < -0.4 is 11.1 Å². The Bertz CT molecular complexity index is 201. The molecule has 0 heterocycles. The Balaban J connectivity index is 4.01. The van der Waals surface area contributed by atoms with E-state index in [9.17, 15) is 4.79 Å². The second kappa shape index (κ2) is 5.60. The van der Waals surface area contributed by atoms with E-state index in [0.717, 1.165) is 0 Å². The molecule has 0 rings (SSSR count). The largest absolute Gasteiger partial charge is 0.354 e. The van der Waals surface area contributed by atoms with Gasteiger partial charge in [-0.25, -0.2) is 0 Å². The number of terminal acetylenes is 1. The molecule has 13 heavy (non-hydrogen) atoms. The van der Waals surface area contributed by atoms with Crippen LogP contribution in [0.4, 0.5) is 0 Å². The van der Waals surface area contributed by atoms with Crippen molar-refractivity contribution in [3.63, 3.8) is 0 Å². The van der Waals surface area contributed by atoms with Crippen LogP contribution in [0.15, 0.2) is 0 Å². The molecule has 3 N–H and O–H groups in total. The molecule has 0 aromatic rings. The van der Waals surface area contributed by atoms with E-state index >= 15 is 0 Å². The maximum absolute atomic E-state index is 11.5. The number of carbonyl (C=O) groups excluding carboxylic acids is 1. The third kappa shape index (κ3) is 3.47. The minimum absolute atomic E-state index is 0.104. The molecular weight excluding hydrogens is 164 g/mol. The van der Waals surface area contributed by atoms with Crippen LogP contribution in [0.5, 0.6) is 0 Å². The van der Waals surface area contributed by atoms with Crippen molar-refractivity contribution in [1.29, 1.82) is 0 Å². The summed E-state index contributed by atoms with van der Waals surface area (Å²) in [7, 11) is 0. The lowest BCUT2D eigenvalue weighted by molar-refractivity contribution is -0.126. The molecule has 3 heteroatoms. The highest BCUT2D eigenvalue weighted by Crippen LogP contribution is 2.10. The Morgan fingerprint density at radius 3 is 2.46 bits per heavy atom. The topological polar surface area (TPSA) is 55.1 Å². The van der Waals surface area contributed by atoms with Crippen LogP contribution in [0.1, 0.15) is 33.1 Å². The summed E-state index contributed by atoms with van der Waals surface area (Å²) in [5.41, 5.74) is 5.13. The van der Waals surface area contributed by atoms with E-state index in [0.29, 0.717) is 25.8 Å². The van der Waals surface area contributed by atoms with Gasteiger partial charge in [0.05, 0.1) is 5.54 Å². The molecule has 0 saturated heterocycles. The van der Waals surface area contributed by atoms with Crippen molar-refractivity contribution < 1.29 is 4.79 Å². The highest BCUT2D eigenvalue weighted by molar-refractivity contribution is 5.85. The Labute approximate surface area is 80.1 Å². The van der Waals surface area contributed by atoms with Crippen LogP contribution in [0.2, 0.25) is 0 Å². The maximum Gasteiger partial charge on any atom is 0.240 e. The minimum atomic E-state index is -0.728. The third-order valence-corrected chi connectivity index (χ3v) is 2.27. The van der Waals surface area contributed by atoms with E-state index in [1.54, 1.807) is 0 Å². The summed E-state index contributed by atoms with van der Waals surface area (Å²) in [6, 6.07) is 0. The molecule has 0 radical (unpaired) electrons. The fourth-order valence-electron chi connectivity index (χ4n) is 0.995. The molecule has 0 aliphatic carbocycles. The van der Waals surface area contributed by atoms with Gasteiger partial charge in [0.15, 0.2) is 0 Å². The molecule has 74 valence electrons. The van der Waals surface area contributed by atoms with Crippen LogP contribution >= 0.6 is 0 Å². The second-order valence-electron chi connectivity index (χ2n) is 3.07. The summed E-state index contributed by atoms with van der Waals surface area (Å²) in [6.07, 6.45) is 6.90. The first-order valence-corrected chi connectivity index (χ1v) is 4.61. The molecule has 0 spiro atoms. The van der Waals surface area contributed by atoms with Crippen molar-refractivity contribution in [3.8, 4) is 12.3 Å². The SMILES string of the molecule is C#CCCNC(=O)C(N)(CC)CC. The fraction of sp³-hybridized carbons (Fsp3) is 0.700. The van der Waals surface area contributed by atoms with Gasteiger partial charge in [-0.1, -0.05) is 13.8 Å². The summed E-state index contributed by atoms with van der Waals surface area (Å²) in [4.78, 5) is 11.5. The number of amides is 1. The first-order chi connectivity index (χ1) is 6.10. The summed E-state index contributed by atoms with van der Waals surface area (Å²) in [5.74, 6) is 2.35. The van der Waals surface area contributed by atoms with Gasteiger partial charge in [0, 0.05) is 13.0 Å². The summed E-state index contributed by atoms with van der Waals surface area (Å²) in [5, 5.41) is 2.72. The number of hydrogen-bond donors (Lipinski definition) is 2. The maximum atomic E-state index is 11.5. The van der Waals surface area contributed by atoms with E-state index < -0.39 is 5.54 Å². The van der Waals surface area contributed by atoms with Crippen LogP contribution in [0, 0.1) is 12.3 Å². The summed E-state index contributed by atoms with van der Waals surface area (Å²) >= 11 is 0. The normalized spacial score (nSPS) is 10.6. The highest BCUT2D eigenvalue weighted by Gasteiger charge is 2.28. The van der Waals surface area contributed by atoms with Gasteiger partial charge in [-0.05, 0) is 12.8 Å². The molecule has 0 atom stereocenters. The number of hydrogen-bond acceptors (Lipinski definition) is 2. The van der Waals surface area contributed by atoms with Gasteiger partial charge in [0.25, 0.3) is 0 Å². The van der Waals surface area contributed by atoms with E-state index in [1.807, 2.05) is 13.8 Å². The smallest absolute Gasteiger partial charge is 0.240 e. The van der Waals surface area contributed by atoms with Crippen LogP contribution in [-0.2, 0) is 4.79 Å². The van der Waals surface area contributed by atoms with Crippen molar-refractivity contribution in [2.45, 2.75) is 38.6 Å². The lowest BCUT2D eigenvalue weighted by Crippen LogP contribution is -2.53. The molecule has 0 bridgehead atoms. The van der Waals surface area contributed by atoms with E-state index in [-0.39, 0.29) is 5.91 Å². The molecule has 0 saturated carbocycles. The molecule has 0 fully saturated rings. The summed E-state index contributed by atoms with van der Waals surface area (Å²) in [6.45, 7) is 4.32. The predicted molar refractivity (Wildman–Crippen MR) is 54.0 cm³/mol. The fourth-order valence-corrected chi connectivity index (χ4v) is 0.995. The number of nitrogens with two attached hydrogens (primary N) is 1. The van der Waals surface area contributed by atoms with Crippen molar-refractivity contribution in [2.24, 2.45) is 5.73 Å². The summed E-state index contributed by atoms with van der Waals surface area (Å²) < 4.78 is 0. The van der Waals surface area contributed by atoms with E-state index in [2.05, 4.69) is 11.2 Å². The van der Waals surface area contributed by atoms with Crippen molar-refractivity contribution >= 4 is 5.91 Å². The van der Waals surface area contributed by atoms with Gasteiger partial charge in [-0.3, -0.25) is 4.79 Å². The van der Waals surface area contributed by atoms with Gasteiger partial charge >= 0.3 is 0 Å². The van der Waals surface area contributed by atoms with Gasteiger partial charge in [0.2, 0.25) is 5.91 Å². The van der Waals surface area contributed by atoms with Crippen LogP contribution in [-0.4, -0.2) is 18.0 Å². The Morgan fingerprint density at radius 1 is 1.54 bits per heavy atom. The van der Waals surface area contributed by atoms with Gasteiger partial charge < -0.3 is 11.1 Å². The van der Waals surface area contributed by atoms with Crippen molar-refractivity contribution in [1.82, 2.24) is 5.32 Å². The molecule has 0 aromatic carbocycles. The van der Waals surface area contributed by atoms with Crippen LogP contribution in [0.3, 0.4) is 0 Å². The van der Waals surface area contributed by atoms with E-state index in [1.165, 1.54) is 0 Å². The van der Waals surface area contributed by atoms with Gasteiger partial charge in [0.1, 0.15) is 0 Å². The molecular formula is C10H18N2O. The Morgan fingerprint density at radius 2 is 2.08 bits per heavy atom. The molecule has 0 aliphatic rings. The average Bonchev–Trinajstić information content (AvgIpc) is 2.17. The molecule has 0 aliphatic heterocycles. The molecule has 3 nitrogen and oxygen atoms in total. The number of carbonyl (C=O) groups is 1. The third-order valence-electron chi connectivity index (χ3n) is 2.27. The quantitative estimate of drug-likeness (QED) is 0.484. The van der Waals surface area contributed by atoms with Crippen molar-refractivity contribution in [2.75, 3.05) is 6.54 Å². The standard InChI is InChI=1S/C10H18N2O/c1-4-7-8-12-9(13)10(11,5-2)6-3/h1H,5-8,11H2,2-3H3,(H,12,13). The van der Waals surface area contributed by atoms with Gasteiger partial charge in [-0.2, -0.15) is 0 Å². The zero-order chi connectivity index (χ0) is 10.3. The predicted octanol–water partition coefficient (Wildman–Crippen LogP) is 0.643. The molecule has 0 aromatic heterocycles. The first-order valence-electron chi connectivity index (χ1n) is 4.61. The zero-order valence-electron chi connectivity index (χ0n) is 8.39. The minimum Gasteiger partial charge on any atom is -0.354 e. The van der Waals surface area contributed by atoms with Crippen LogP contribution in [0.25, 0.3) is 0 Å². The Kier molecular flexibility index (Phi) is 5.17. The highest BCUT2D eigenvalue weighted by atomic mass is 16.2. The molecule has 1 amide bonds. The zero-order valence-corrected chi connectivity index (χ0v) is 8.39. The monoisotopic (exact) mass is 182 g/mol. The second-order valence-corrected chi connectivity index (χ2v) is 3.07. The first kappa shape index (κ1) is 12.0. The lowest BCUT2D eigenvalue weighted by atomic mass is 9.93. The van der Waals surface area contributed by atoms with E-state index in [4.69, 9.17) is 12.2 Å².